The van der Waals surface area contributed by atoms with Crippen molar-refractivity contribution in [2.45, 2.75) is 26.6 Å². The summed E-state index contributed by atoms with van der Waals surface area (Å²) >= 11 is 0. The van der Waals surface area contributed by atoms with Gasteiger partial charge in [0.05, 0.1) is 26.4 Å². The van der Waals surface area contributed by atoms with Gasteiger partial charge in [0.1, 0.15) is 5.75 Å². The highest BCUT2D eigenvalue weighted by molar-refractivity contribution is 6.59. The van der Waals surface area contributed by atoms with Gasteiger partial charge in [-0.15, -0.1) is 0 Å². The highest BCUT2D eigenvalue weighted by Crippen LogP contribution is 2.11. The van der Waals surface area contributed by atoms with E-state index in [4.69, 9.17) is 14.2 Å². The molecule has 19 heavy (non-hydrogen) atoms. The molecule has 1 unspecified atom stereocenters. The Labute approximate surface area is 114 Å². The molecule has 0 spiro atoms. The van der Waals surface area contributed by atoms with Gasteiger partial charge in [-0.1, -0.05) is 12.1 Å². The standard InChI is InChI=1S/C13H21BO5/c1-4-18-8-10(2)19-9-11-5-6-13(17-3)12(7-11)14(15)16/h5-7,10,15-16H,4,8-9H2,1-3H3. The quantitative estimate of drug-likeness (QED) is 0.664. The second-order valence-electron chi connectivity index (χ2n) is 4.23. The fourth-order valence-corrected chi connectivity index (χ4v) is 1.65. The number of methoxy groups -OCH3 is 1. The van der Waals surface area contributed by atoms with Gasteiger partial charge < -0.3 is 24.3 Å². The van der Waals surface area contributed by atoms with Crippen molar-refractivity contribution in [2.24, 2.45) is 0 Å². The van der Waals surface area contributed by atoms with Crippen LogP contribution in [0.2, 0.25) is 0 Å². The Kier molecular flexibility index (Phi) is 6.87. The monoisotopic (exact) mass is 268 g/mol. The number of ether oxygens (including phenoxy) is 3. The first-order valence-electron chi connectivity index (χ1n) is 6.30. The van der Waals surface area contributed by atoms with Crippen LogP contribution >= 0.6 is 0 Å². The van der Waals surface area contributed by atoms with E-state index < -0.39 is 7.12 Å². The third kappa shape index (κ3) is 5.20. The molecule has 0 saturated heterocycles. The Morgan fingerprint density at radius 1 is 1.32 bits per heavy atom. The molecular weight excluding hydrogens is 247 g/mol. The third-order valence-corrected chi connectivity index (χ3v) is 2.66. The first kappa shape index (κ1) is 16.0. The summed E-state index contributed by atoms with van der Waals surface area (Å²) in [4.78, 5) is 0. The second kappa shape index (κ2) is 8.17. The molecule has 0 aliphatic heterocycles. The van der Waals surface area contributed by atoms with Crippen LogP contribution in [0, 0.1) is 0 Å². The van der Waals surface area contributed by atoms with Crippen LogP contribution in [0.15, 0.2) is 18.2 Å². The van der Waals surface area contributed by atoms with Crippen LogP contribution < -0.4 is 10.2 Å². The van der Waals surface area contributed by atoms with Crippen molar-refractivity contribution in [3.63, 3.8) is 0 Å². The molecule has 0 aliphatic carbocycles. The van der Waals surface area contributed by atoms with Gasteiger partial charge in [-0.05, 0) is 25.5 Å². The summed E-state index contributed by atoms with van der Waals surface area (Å²) in [6.07, 6.45) is -0.00967. The summed E-state index contributed by atoms with van der Waals surface area (Å²) < 4.78 is 15.9. The highest BCUT2D eigenvalue weighted by atomic mass is 16.5. The molecule has 5 nitrogen and oxygen atoms in total. The molecule has 1 aromatic rings. The van der Waals surface area contributed by atoms with Crippen LogP contribution in [0.5, 0.6) is 5.75 Å². The van der Waals surface area contributed by atoms with Gasteiger partial charge in [-0.25, -0.2) is 0 Å². The van der Waals surface area contributed by atoms with Crippen molar-refractivity contribution in [1.29, 1.82) is 0 Å². The van der Waals surface area contributed by atoms with Crippen molar-refractivity contribution in [3.8, 4) is 5.75 Å². The Bertz CT molecular complexity index is 383. The van der Waals surface area contributed by atoms with Crippen molar-refractivity contribution in [3.05, 3.63) is 23.8 Å². The fraction of sp³-hybridized carbons (Fsp3) is 0.538. The van der Waals surface area contributed by atoms with Crippen LogP contribution in [-0.2, 0) is 16.1 Å². The van der Waals surface area contributed by atoms with E-state index in [0.29, 0.717) is 31.0 Å². The maximum Gasteiger partial charge on any atom is 0.492 e. The molecule has 0 saturated carbocycles. The van der Waals surface area contributed by atoms with E-state index in [0.717, 1.165) is 5.56 Å². The van der Waals surface area contributed by atoms with Gasteiger partial charge >= 0.3 is 7.12 Å². The second-order valence-corrected chi connectivity index (χ2v) is 4.23. The highest BCUT2D eigenvalue weighted by Gasteiger charge is 2.17. The molecule has 1 rings (SSSR count). The molecule has 6 heteroatoms. The van der Waals surface area contributed by atoms with Gasteiger partial charge in [0.2, 0.25) is 0 Å². The van der Waals surface area contributed by atoms with E-state index >= 15 is 0 Å². The summed E-state index contributed by atoms with van der Waals surface area (Å²) in [7, 11) is -0.0718. The summed E-state index contributed by atoms with van der Waals surface area (Å²) in [5.41, 5.74) is 1.19. The third-order valence-electron chi connectivity index (χ3n) is 2.66. The van der Waals surface area contributed by atoms with E-state index in [1.165, 1.54) is 7.11 Å². The normalized spacial score (nSPS) is 12.3. The number of rotatable bonds is 8. The van der Waals surface area contributed by atoms with Crippen molar-refractivity contribution >= 4 is 12.6 Å². The molecular formula is C13H21BO5. The molecule has 1 aromatic carbocycles. The lowest BCUT2D eigenvalue weighted by Crippen LogP contribution is -2.31. The lowest BCUT2D eigenvalue weighted by atomic mass is 9.79. The van der Waals surface area contributed by atoms with E-state index in [1.54, 1.807) is 12.1 Å². The number of hydrogen-bond donors (Lipinski definition) is 2. The Hall–Kier alpha value is -1.08. The zero-order chi connectivity index (χ0) is 14.3. The summed E-state index contributed by atoms with van der Waals surface area (Å²) in [5, 5.41) is 18.5. The van der Waals surface area contributed by atoms with Crippen LogP contribution in [0.25, 0.3) is 0 Å². The summed E-state index contributed by atoms with van der Waals surface area (Å²) in [6.45, 7) is 5.46. The van der Waals surface area contributed by atoms with E-state index in [-0.39, 0.29) is 6.10 Å². The Balaban J connectivity index is 2.61. The molecule has 0 heterocycles. The van der Waals surface area contributed by atoms with Gasteiger partial charge in [-0.2, -0.15) is 0 Å². The van der Waals surface area contributed by atoms with Crippen LogP contribution in [-0.4, -0.2) is 43.6 Å². The lowest BCUT2D eigenvalue weighted by Gasteiger charge is -2.14. The minimum atomic E-state index is -1.56. The van der Waals surface area contributed by atoms with Gasteiger partial charge in [-0.3, -0.25) is 0 Å². The summed E-state index contributed by atoms with van der Waals surface area (Å²) in [6, 6.07) is 5.19. The molecule has 0 aliphatic rings. The number of benzene rings is 1. The maximum atomic E-state index is 9.27. The molecule has 0 amide bonds. The summed E-state index contributed by atoms with van der Waals surface area (Å²) in [5.74, 6) is 0.445. The fourth-order valence-electron chi connectivity index (χ4n) is 1.65. The van der Waals surface area contributed by atoms with Crippen LogP contribution in [0.3, 0.4) is 0 Å². The van der Waals surface area contributed by atoms with Gasteiger partial charge in [0.15, 0.2) is 0 Å². The first-order chi connectivity index (χ1) is 9.08. The van der Waals surface area contributed by atoms with Crippen LogP contribution in [0.1, 0.15) is 19.4 Å². The van der Waals surface area contributed by atoms with E-state index in [2.05, 4.69) is 0 Å². The van der Waals surface area contributed by atoms with Crippen molar-refractivity contribution in [2.75, 3.05) is 20.3 Å². The Morgan fingerprint density at radius 3 is 2.63 bits per heavy atom. The molecule has 0 bridgehead atoms. The largest absolute Gasteiger partial charge is 0.497 e. The smallest absolute Gasteiger partial charge is 0.492 e. The van der Waals surface area contributed by atoms with Gasteiger partial charge in [0.25, 0.3) is 0 Å². The van der Waals surface area contributed by atoms with Crippen LogP contribution in [0.4, 0.5) is 0 Å². The maximum absolute atomic E-state index is 9.27. The number of hydrogen-bond acceptors (Lipinski definition) is 5. The molecule has 0 radical (unpaired) electrons. The topological polar surface area (TPSA) is 68.2 Å². The minimum Gasteiger partial charge on any atom is -0.497 e. The lowest BCUT2D eigenvalue weighted by molar-refractivity contribution is -0.0116. The van der Waals surface area contributed by atoms with E-state index in [9.17, 15) is 10.0 Å². The zero-order valence-electron chi connectivity index (χ0n) is 11.6. The van der Waals surface area contributed by atoms with Crippen molar-refractivity contribution < 1.29 is 24.3 Å². The average molecular weight is 268 g/mol. The SMILES string of the molecule is CCOCC(C)OCc1ccc(OC)c(B(O)O)c1. The Morgan fingerprint density at radius 2 is 2.05 bits per heavy atom. The molecule has 0 aromatic heterocycles. The predicted octanol–water partition coefficient (Wildman–Crippen LogP) is 0.317. The first-order valence-corrected chi connectivity index (χ1v) is 6.30. The molecule has 0 fully saturated rings. The van der Waals surface area contributed by atoms with Gasteiger partial charge in [0, 0.05) is 12.1 Å². The minimum absolute atomic E-state index is 0.00967. The zero-order valence-corrected chi connectivity index (χ0v) is 11.6. The average Bonchev–Trinajstić information content (AvgIpc) is 2.42. The predicted molar refractivity (Wildman–Crippen MR) is 73.6 cm³/mol. The molecule has 106 valence electrons. The molecule has 1 atom stereocenters. The van der Waals surface area contributed by atoms with E-state index in [1.807, 2.05) is 19.9 Å². The molecule has 2 N–H and O–H groups in total. The van der Waals surface area contributed by atoms with Crippen molar-refractivity contribution in [1.82, 2.24) is 0 Å².